The van der Waals surface area contributed by atoms with Crippen LogP contribution >= 0.6 is 0 Å². The zero-order chi connectivity index (χ0) is 18.1. The zero-order valence-electron chi connectivity index (χ0n) is 15.1. The van der Waals surface area contributed by atoms with Gasteiger partial charge in [-0.2, -0.15) is 0 Å². The Labute approximate surface area is 153 Å². The van der Waals surface area contributed by atoms with Crippen LogP contribution in [-0.4, -0.2) is 78.2 Å². The van der Waals surface area contributed by atoms with Crippen LogP contribution in [0.2, 0.25) is 0 Å². The minimum absolute atomic E-state index is 0.0117. The molecule has 1 atom stereocenters. The highest BCUT2D eigenvalue weighted by molar-refractivity contribution is 5.95. The molecular weight excluding hydrogens is 334 g/mol. The maximum absolute atomic E-state index is 12.6. The van der Waals surface area contributed by atoms with Gasteiger partial charge in [0.25, 0.3) is 5.91 Å². The van der Waals surface area contributed by atoms with Crippen molar-refractivity contribution in [2.24, 2.45) is 5.92 Å². The number of aromatic nitrogens is 1. The summed E-state index contributed by atoms with van der Waals surface area (Å²) in [6.07, 6.45) is 3.07. The molecule has 0 saturated carbocycles. The van der Waals surface area contributed by atoms with Gasteiger partial charge in [-0.05, 0) is 31.4 Å². The third kappa shape index (κ3) is 3.33. The van der Waals surface area contributed by atoms with Gasteiger partial charge in [-0.15, -0.1) is 0 Å². The van der Waals surface area contributed by atoms with Crippen LogP contribution in [0.4, 0.5) is 0 Å². The average Bonchev–Trinajstić information content (AvgIpc) is 3.05. The van der Waals surface area contributed by atoms with Crippen molar-refractivity contribution in [1.29, 1.82) is 0 Å². The van der Waals surface area contributed by atoms with E-state index in [9.17, 15) is 9.59 Å². The van der Waals surface area contributed by atoms with E-state index in [-0.39, 0.29) is 23.3 Å². The van der Waals surface area contributed by atoms with Crippen molar-refractivity contribution < 1.29 is 19.1 Å². The summed E-state index contributed by atoms with van der Waals surface area (Å²) in [5.41, 5.74) is 1.14. The molecular formula is C19H25N3O4. The molecule has 4 rings (SSSR count). The van der Waals surface area contributed by atoms with Gasteiger partial charge >= 0.3 is 0 Å². The Kier molecular flexibility index (Phi) is 4.67. The average molecular weight is 359 g/mol. The predicted octanol–water partition coefficient (Wildman–Crippen LogP) is 0.870. The van der Waals surface area contributed by atoms with Crippen LogP contribution in [-0.2, 0) is 14.3 Å². The number of morpholine rings is 1. The highest BCUT2D eigenvalue weighted by atomic mass is 16.5. The van der Waals surface area contributed by atoms with E-state index in [2.05, 4.69) is 4.98 Å². The Morgan fingerprint density at radius 1 is 1.27 bits per heavy atom. The lowest BCUT2D eigenvalue weighted by Crippen LogP contribution is -2.63. The van der Waals surface area contributed by atoms with Crippen molar-refractivity contribution in [1.82, 2.24) is 14.8 Å². The molecule has 3 aliphatic heterocycles. The number of rotatable bonds is 3. The standard InChI is InChI=1S/C19H25N3O4/c1-14-16(3-2-4-20-14)18(24)22-12-19(13-22)10-15(11-26-19)9-17(23)21-5-7-25-8-6-21/h2-4,15H,5-13H2,1H3. The molecule has 140 valence electrons. The molecule has 1 aromatic heterocycles. The quantitative estimate of drug-likeness (QED) is 0.801. The number of nitrogens with zero attached hydrogens (tertiary/aromatic N) is 3. The summed E-state index contributed by atoms with van der Waals surface area (Å²) in [7, 11) is 0. The second-order valence-electron chi connectivity index (χ2n) is 7.56. The van der Waals surface area contributed by atoms with Gasteiger partial charge in [0.1, 0.15) is 5.60 Å². The fourth-order valence-corrected chi connectivity index (χ4v) is 4.15. The summed E-state index contributed by atoms with van der Waals surface area (Å²) >= 11 is 0. The van der Waals surface area contributed by atoms with Gasteiger partial charge in [0.2, 0.25) is 5.91 Å². The number of amides is 2. The molecule has 0 aliphatic carbocycles. The highest BCUT2D eigenvalue weighted by Gasteiger charge is 2.51. The molecule has 0 bridgehead atoms. The van der Waals surface area contributed by atoms with Crippen LogP contribution in [0.1, 0.15) is 28.9 Å². The summed E-state index contributed by atoms with van der Waals surface area (Å²) in [4.78, 5) is 32.9. The molecule has 4 heterocycles. The van der Waals surface area contributed by atoms with Crippen LogP contribution in [0.5, 0.6) is 0 Å². The number of hydrogen-bond donors (Lipinski definition) is 0. The number of carbonyl (C=O) groups excluding carboxylic acids is 2. The second kappa shape index (κ2) is 6.96. The lowest BCUT2D eigenvalue weighted by molar-refractivity contribution is -0.136. The van der Waals surface area contributed by atoms with Gasteiger partial charge in [0.05, 0.1) is 38.5 Å². The zero-order valence-corrected chi connectivity index (χ0v) is 15.1. The summed E-state index contributed by atoms with van der Waals surface area (Å²) < 4.78 is 11.3. The lowest BCUT2D eigenvalue weighted by Gasteiger charge is -2.47. The first kappa shape index (κ1) is 17.4. The van der Waals surface area contributed by atoms with Gasteiger partial charge in [-0.3, -0.25) is 14.6 Å². The SMILES string of the molecule is Cc1ncccc1C(=O)N1CC2(CC(CC(=O)N3CCOCC3)CO2)C1. The number of pyridine rings is 1. The van der Waals surface area contributed by atoms with Crippen LogP contribution in [0, 0.1) is 12.8 Å². The number of likely N-dealkylation sites (tertiary alicyclic amines) is 1. The Balaban J connectivity index is 1.29. The maximum Gasteiger partial charge on any atom is 0.255 e. The molecule has 26 heavy (non-hydrogen) atoms. The van der Waals surface area contributed by atoms with E-state index in [0.29, 0.717) is 58.0 Å². The lowest BCUT2D eigenvalue weighted by atomic mass is 9.85. The number of hydrogen-bond acceptors (Lipinski definition) is 5. The molecule has 7 nitrogen and oxygen atoms in total. The Morgan fingerprint density at radius 2 is 2.04 bits per heavy atom. The number of ether oxygens (including phenoxy) is 2. The first-order chi connectivity index (χ1) is 12.6. The molecule has 7 heteroatoms. The summed E-state index contributed by atoms with van der Waals surface area (Å²) in [5.74, 6) is 0.442. The first-order valence-electron chi connectivity index (χ1n) is 9.27. The molecule has 2 amide bonds. The third-order valence-electron chi connectivity index (χ3n) is 5.60. The van der Waals surface area contributed by atoms with Gasteiger partial charge in [-0.25, -0.2) is 0 Å². The van der Waals surface area contributed by atoms with Gasteiger partial charge < -0.3 is 19.3 Å². The minimum atomic E-state index is -0.262. The van der Waals surface area contributed by atoms with Gasteiger partial charge in [0, 0.05) is 31.4 Å². The Bertz CT molecular complexity index is 696. The number of aryl methyl sites for hydroxylation is 1. The Hall–Kier alpha value is -1.99. The van der Waals surface area contributed by atoms with Crippen molar-refractivity contribution >= 4 is 11.8 Å². The van der Waals surface area contributed by atoms with E-state index in [4.69, 9.17) is 9.47 Å². The van der Waals surface area contributed by atoms with E-state index in [1.807, 2.05) is 22.8 Å². The molecule has 0 N–H and O–H groups in total. The highest BCUT2D eigenvalue weighted by Crippen LogP contribution is 2.40. The maximum atomic E-state index is 12.6. The van der Waals surface area contributed by atoms with Crippen molar-refractivity contribution in [2.75, 3.05) is 46.0 Å². The van der Waals surface area contributed by atoms with Crippen LogP contribution in [0.3, 0.4) is 0 Å². The van der Waals surface area contributed by atoms with E-state index in [1.54, 1.807) is 12.3 Å². The van der Waals surface area contributed by atoms with Crippen LogP contribution in [0.25, 0.3) is 0 Å². The largest absolute Gasteiger partial charge is 0.378 e. The monoisotopic (exact) mass is 359 g/mol. The van der Waals surface area contributed by atoms with E-state index < -0.39 is 0 Å². The fraction of sp³-hybridized carbons (Fsp3) is 0.632. The number of carbonyl (C=O) groups is 2. The molecule has 1 unspecified atom stereocenters. The van der Waals surface area contributed by atoms with E-state index in [0.717, 1.165) is 12.1 Å². The second-order valence-corrected chi connectivity index (χ2v) is 7.56. The summed E-state index contributed by atoms with van der Waals surface area (Å²) in [5, 5.41) is 0. The van der Waals surface area contributed by atoms with Crippen molar-refractivity contribution in [3.63, 3.8) is 0 Å². The summed E-state index contributed by atoms with van der Waals surface area (Å²) in [6.45, 7) is 6.27. The van der Waals surface area contributed by atoms with Gasteiger partial charge in [0.15, 0.2) is 0 Å². The van der Waals surface area contributed by atoms with Crippen molar-refractivity contribution in [3.8, 4) is 0 Å². The normalized spacial score (nSPS) is 24.6. The molecule has 3 fully saturated rings. The molecule has 1 aromatic rings. The fourth-order valence-electron chi connectivity index (χ4n) is 4.15. The van der Waals surface area contributed by atoms with E-state index in [1.165, 1.54) is 0 Å². The summed E-state index contributed by atoms with van der Waals surface area (Å²) in [6, 6.07) is 3.60. The van der Waals surface area contributed by atoms with Crippen LogP contribution < -0.4 is 0 Å². The van der Waals surface area contributed by atoms with Crippen LogP contribution in [0.15, 0.2) is 18.3 Å². The van der Waals surface area contributed by atoms with Crippen molar-refractivity contribution in [2.45, 2.75) is 25.4 Å². The third-order valence-corrected chi connectivity index (χ3v) is 5.60. The first-order valence-corrected chi connectivity index (χ1v) is 9.27. The molecule has 0 radical (unpaired) electrons. The van der Waals surface area contributed by atoms with Crippen molar-refractivity contribution in [3.05, 3.63) is 29.6 Å². The predicted molar refractivity (Wildman–Crippen MR) is 93.7 cm³/mol. The topological polar surface area (TPSA) is 72.0 Å². The molecule has 3 saturated heterocycles. The Morgan fingerprint density at radius 3 is 2.77 bits per heavy atom. The molecule has 1 spiro atoms. The minimum Gasteiger partial charge on any atom is -0.378 e. The molecule has 3 aliphatic rings. The van der Waals surface area contributed by atoms with E-state index >= 15 is 0 Å². The smallest absolute Gasteiger partial charge is 0.255 e. The van der Waals surface area contributed by atoms with Gasteiger partial charge in [-0.1, -0.05) is 0 Å². The molecule has 0 aromatic carbocycles.